The van der Waals surface area contributed by atoms with E-state index in [9.17, 15) is 14.4 Å². The lowest BCUT2D eigenvalue weighted by Crippen LogP contribution is -2.51. The molecule has 1 fully saturated rings. The molecule has 0 aromatic carbocycles. The number of carbonyl (C=O) groups is 3. The van der Waals surface area contributed by atoms with Crippen molar-refractivity contribution in [2.45, 2.75) is 50.5 Å². The van der Waals surface area contributed by atoms with Gasteiger partial charge in [0.2, 0.25) is 5.91 Å². The molecule has 7 heteroatoms. The zero-order valence-corrected chi connectivity index (χ0v) is 10.6. The molecule has 104 valence electrons. The van der Waals surface area contributed by atoms with Gasteiger partial charge in [-0.1, -0.05) is 12.8 Å². The smallest absolute Gasteiger partial charge is 0.305 e. The maximum absolute atomic E-state index is 12.1. The van der Waals surface area contributed by atoms with E-state index in [2.05, 4.69) is 15.8 Å². The molecule has 1 aliphatic carbocycles. The molecule has 1 saturated carbocycles. The molecule has 0 bridgehead atoms. The lowest BCUT2D eigenvalue weighted by molar-refractivity contribution is -0.139. The predicted molar refractivity (Wildman–Crippen MR) is 66.4 cm³/mol. The molecule has 0 spiro atoms. The molecule has 1 heterocycles. The van der Waals surface area contributed by atoms with E-state index in [1.165, 1.54) is 0 Å². The van der Waals surface area contributed by atoms with Crippen LogP contribution >= 0.6 is 0 Å². The van der Waals surface area contributed by atoms with Crippen LogP contribution in [0.5, 0.6) is 0 Å². The van der Waals surface area contributed by atoms with E-state index >= 15 is 0 Å². The van der Waals surface area contributed by atoms with Crippen LogP contribution in [-0.2, 0) is 14.4 Å². The fraction of sp³-hybridized carbons (Fsp3) is 0.667. The predicted octanol–water partition coefficient (Wildman–Crippen LogP) is 0.156. The molecule has 0 aromatic rings. The number of hydrazone groups is 1. The van der Waals surface area contributed by atoms with Crippen LogP contribution in [0.25, 0.3) is 0 Å². The van der Waals surface area contributed by atoms with Crippen molar-refractivity contribution in [2.24, 2.45) is 5.10 Å². The van der Waals surface area contributed by atoms with E-state index in [0.717, 1.165) is 12.8 Å². The molecule has 19 heavy (non-hydrogen) atoms. The molecule has 0 aromatic heterocycles. The number of nitrogens with zero attached hydrogens (tertiary/aromatic N) is 1. The number of nitrogens with one attached hydrogen (secondary N) is 2. The monoisotopic (exact) mass is 267 g/mol. The first-order chi connectivity index (χ1) is 9.01. The molecule has 0 saturated heterocycles. The summed E-state index contributed by atoms with van der Waals surface area (Å²) >= 11 is 0. The average molecular weight is 267 g/mol. The van der Waals surface area contributed by atoms with Crippen LogP contribution in [0.3, 0.4) is 0 Å². The molecule has 2 aliphatic rings. The maximum Gasteiger partial charge on any atom is 0.305 e. The quantitative estimate of drug-likeness (QED) is 0.674. The molecule has 3 N–H and O–H groups in total. The SMILES string of the molecule is O=C(O)CC1(NC(=O)C2=NNC(=O)CC2)CCCC1. The number of amides is 2. The lowest BCUT2D eigenvalue weighted by Gasteiger charge is -2.29. The van der Waals surface area contributed by atoms with Gasteiger partial charge in [-0.2, -0.15) is 5.10 Å². The highest BCUT2D eigenvalue weighted by molar-refractivity contribution is 6.39. The summed E-state index contributed by atoms with van der Waals surface area (Å²) in [5.74, 6) is -1.50. The zero-order chi connectivity index (χ0) is 13.9. The lowest BCUT2D eigenvalue weighted by atomic mass is 9.92. The number of aliphatic carboxylic acids is 1. The normalized spacial score (nSPS) is 21.5. The first-order valence-corrected chi connectivity index (χ1v) is 6.40. The van der Waals surface area contributed by atoms with Gasteiger partial charge in [0.1, 0.15) is 5.71 Å². The molecule has 0 unspecified atom stereocenters. The van der Waals surface area contributed by atoms with Crippen molar-refractivity contribution in [1.29, 1.82) is 0 Å². The van der Waals surface area contributed by atoms with Crippen LogP contribution in [0.2, 0.25) is 0 Å². The van der Waals surface area contributed by atoms with E-state index in [4.69, 9.17) is 5.11 Å². The van der Waals surface area contributed by atoms with Gasteiger partial charge in [0.25, 0.3) is 5.91 Å². The molecular formula is C12H17N3O4. The number of carbonyl (C=O) groups excluding carboxylic acids is 2. The highest BCUT2D eigenvalue weighted by atomic mass is 16.4. The molecule has 2 amide bonds. The van der Waals surface area contributed by atoms with Crippen molar-refractivity contribution < 1.29 is 19.5 Å². The summed E-state index contributed by atoms with van der Waals surface area (Å²) in [5.41, 5.74) is 1.86. The minimum atomic E-state index is -0.916. The Kier molecular flexibility index (Phi) is 3.82. The first-order valence-electron chi connectivity index (χ1n) is 6.40. The van der Waals surface area contributed by atoms with Crippen molar-refractivity contribution in [3.8, 4) is 0 Å². The second kappa shape index (κ2) is 5.38. The number of hydrogen-bond donors (Lipinski definition) is 3. The van der Waals surface area contributed by atoms with Gasteiger partial charge in [-0.15, -0.1) is 0 Å². The summed E-state index contributed by atoms with van der Waals surface area (Å²) in [6.45, 7) is 0. The third-order valence-electron chi connectivity index (χ3n) is 3.60. The molecule has 2 rings (SSSR count). The van der Waals surface area contributed by atoms with Crippen molar-refractivity contribution in [3.63, 3.8) is 0 Å². The topological polar surface area (TPSA) is 108 Å². The summed E-state index contributed by atoms with van der Waals surface area (Å²) in [6.07, 6.45) is 3.63. The van der Waals surface area contributed by atoms with Gasteiger partial charge >= 0.3 is 5.97 Å². The van der Waals surface area contributed by atoms with E-state index in [-0.39, 0.29) is 30.4 Å². The first kappa shape index (κ1) is 13.5. The number of carboxylic acid groups (broad SMARTS) is 1. The van der Waals surface area contributed by atoms with Crippen molar-refractivity contribution >= 4 is 23.5 Å². The van der Waals surface area contributed by atoms with E-state index in [1.807, 2.05) is 0 Å². The van der Waals surface area contributed by atoms with Crippen molar-refractivity contribution in [1.82, 2.24) is 10.7 Å². The average Bonchev–Trinajstić information content (AvgIpc) is 2.77. The third-order valence-corrected chi connectivity index (χ3v) is 3.60. The molecule has 1 aliphatic heterocycles. The second-order valence-corrected chi connectivity index (χ2v) is 5.11. The summed E-state index contributed by atoms with van der Waals surface area (Å²) < 4.78 is 0. The molecule has 0 atom stereocenters. The maximum atomic E-state index is 12.1. The van der Waals surface area contributed by atoms with Crippen LogP contribution in [-0.4, -0.2) is 34.1 Å². The van der Waals surface area contributed by atoms with Gasteiger partial charge in [0, 0.05) is 12.8 Å². The Hall–Kier alpha value is -1.92. The highest BCUT2D eigenvalue weighted by Gasteiger charge is 2.38. The van der Waals surface area contributed by atoms with E-state index < -0.39 is 11.5 Å². The van der Waals surface area contributed by atoms with Crippen molar-refractivity contribution in [3.05, 3.63) is 0 Å². The fourth-order valence-corrected chi connectivity index (χ4v) is 2.64. The zero-order valence-electron chi connectivity index (χ0n) is 10.6. The molecule has 0 radical (unpaired) electrons. The minimum absolute atomic E-state index is 0.0711. The van der Waals surface area contributed by atoms with Gasteiger partial charge in [0.15, 0.2) is 0 Å². The van der Waals surface area contributed by atoms with Crippen LogP contribution in [0, 0.1) is 0 Å². The van der Waals surface area contributed by atoms with Gasteiger partial charge in [-0.05, 0) is 12.8 Å². The largest absolute Gasteiger partial charge is 0.481 e. The van der Waals surface area contributed by atoms with Gasteiger partial charge in [-0.25, -0.2) is 5.43 Å². The standard InChI is InChI=1S/C12H17N3O4/c16-9-4-3-8(14-15-9)11(19)13-12(7-10(17)18)5-1-2-6-12/h1-7H2,(H,13,19)(H,15,16)(H,17,18). The molecular weight excluding hydrogens is 250 g/mol. The van der Waals surface area contributed by atoms with Crippen molar-refractivity contribution in [2.75, 3.05) is 0 Å². The summed E-state index contributed by atoms with van der Waals surface area (Å²) in [7, 11) is 0. The Balaban J connectivity index is 2.03. The van der Waals surface area contributed by atoms with Gasteiger partial charge in [-0.3, -0.25) is 14.4 Å². The van der Waals surface area contributed by atoms with Gasteiger partial charge in [0.05, 0.1) is 12.0 Å². The Morgan fingerprint density at radius 2 is 2.00 bits per heavy atom. The number of hydrogen-bond acceptors (Lipinski definition) is 4. The molecule has 7 nitrogen and oxygen atoms in total. The van der Waals surface area contributed by atoms with E-state index in [1.54, 1.807) is 0 Å². The van der Waals surface area contributed by atoms with E-state index in [0.29, 0.717) is 19.3 Å². The Labute approximate surface area is 110 Å². The second-order valence-electron chi connectivity index (χ2n) is 5.11. The summed E-state index contributed by atoms with van der Waals surface area (Å²) in [6, 6.07) is 0. The highest BCUT2D eigenvalue weighted by Crippen LogP contribution is 2.32. The van der Waals surface area contributed by atoms with Crippen LogP contribution in [0.4, 0.5) is 0 Å². The van der Waals surface area contributed by atoms with Crippen LogP contribution in [0.1, 0.15) is 44.9 Å². The Morgan fingerprint density at radius 1 is 1.32 bits per heavy atom. The Morgan fingerprint density at radius 3 is 2.53 bits per heavy atom. The van der Waals surface area contributed by atoms with Gasteiger partial charge < -0.3 is 10.4 Å². The Bertz CT molecular complexity index is 438. The van der Waals surface area contributed by atoms with Crippen LogP contribution in [0.15, 0.2) is 5.10 Å². The van der Waals surface area contributed by atoms with Crippen LogP contribution < -0.4 is 10.7 Å². The summed E-state index contributed by atoms with van der Waals surface area (Å²) in [5, 5.41) is 15.5. The number of rotatable bonds is 4. The third kappa shape index (κ3) is 3.30. The summed E-state index contributed by atoms with van der Waals surface area (Å²) in [4.78, 5) is 33.9. The minimum Gasteiger partial charge on any atom is -0.481 e. The number of carboxylic acids is 1. The fourth-order valence-electron chi connectivity index (χ4n) is 2.64.